The molecule has 0 aliphatic carbocycles. The van der Waals surface area contributed by atoms with Crippen molar-refractivity contribution in [3.8, 4) is 5.75 Å². The predicted molar refractivity (Wildman–Crippen MR) is 78.5 cm³/mol. The van der Waals surface area contributed by atoms with E-state index in [0.29, 0.717) is 11.1 Å². The van der Waals surface area contributed by atoms with Gasteiger partial charge in [-0.2, -0.15) is 4.79 Å². The Bertz CT molecular complexity index is 877. The summed E-state index contributed by atoms with van der Waals surface area (Å²) >= 11 is 0. The van der Waals surface area contributed by atoms with Crippen molar-refractivity contribution >= 4 is 28.4 Å². The Morgan fingerprint density at radius 3 is 2.64 bits per heavy atom. The van der Waals surface area contributed by atoms with Gasteiger partial charge in [0.25, 0.3) is 0 Å². The lowest BCUT2D eigenvalue weighted by Crippen LogP contribution is -2.25. The van der Waals surface area contributed by atoms with Gasteiger partial charge in [0.15, 0.2) is 5.58 Å². The Labute approximate surface area is 124 Å². The lowest BCUT2D eigenvalue weighted by Gasteiger charge is -2.03. The van der Waals surface area contributed by atoms with Crippen LogP contribution in [0.25, 0.3) is 16.6 Å². The number of fused-ring (bicyclic) bond motifs is 1. The number of aromatic hydroxyl groups is 1. The van der Waals surface area contributed by atoms with Gasteiger partial charge < -0.3 is 20.4 Å². The van der Waals surface area contributed by atoms with Crippen LogP contribution in [-0.4, -0.2) is 26.5 Å². The predicted octanol–water partition coefficient (Wildman–Crippen LogP) is 2.19. The van der Waals surface area contributed by atoms with Crippen molar-refractivity contribution in [2.45, 2.75) is 0 Å². The van der Waals surface area contributed by atoms with Crippen LogP contribution in [0, 0.1) is 0 Å². The van der Waals surface area contributed by atoms with E-state index in [1.165, 1.54) is 12.1 Å². The normalized spacial score (nSPS) is 10.2. The maximum Gasteiger partial charge on any atom is 0.441 e. The van der Waals surface area contributed by atoms with Gasteiger partial charge in [-0.05, 0) is 24.3 Å². The van der Waals surface area contributed by atoms with Crippen molar-refractivity contribution in [3.05, 3.63) is 60.0 Å². The molecule has 2 N–H and O–H groups in total. The van der Waals surface area contributed by atoms with Gasteiger partial charge in [0.05, 0.1) is 5.69 Å². The number of hydrogen-bond acceptors (Lipinski definition) is 4. The highest BCUT2D eigenvalue weighted by atomic mass is 16.3. The van der Waals surface area contributed by atoms with Gasteiger partial charge in [0.2, 0.25) is 0 Å². The van der Waals surface area contributed by atoms with Crippen LogP contribution in [0.2, 0.25) is 0 Å². The molecular formula is C15H10N4O3. The molecule has 1 heterocycles. The first kappa shape index (κ1) is 13.5. The van der Waals surface area contributed by atoms with Crippen LogP contribution >= 0.6 is 0 Å². The summed E-state index contributed by atoms with van der Waals surface area (Å²) in [7, 11) is 0. The first-order valence-corrected chi connectivity index (χ1v) is 6.36. The highest BCUT2D eigenvalue weighted by Crippen LogP contribution is 2.22. The van der Waals surface area contributed by atoms with Crippen molar-refractivity contribution in [1.29, 1.82) is 0 Å². The fourth-order valence-corrected chi connectivity index (χ4v) is 1.92. The zero-order chi connectivity index (χ0) is 15.5. The molecule has 0 saturated carbocycles. The lowest BCUT2D eigenvalue weighted by molar-refractivity contribution is -0.114. The first-order chi connectivity index (χ1) is 10.7. The number of anilines is 1. The maximum atomic E-state index is 12.2. The van der Waals surface area contributed by atoms with Gasteiger partial charge >= 0.3 is 17.5 Å². The lowest BCUT2D eigenvalue weighted by atomic mass is 10.2. The number of hydrogen-bond donors (Lipinski definition) is 2. The minimum absolute atomic E-state index is 0.106. The van der Waals surface area contributed by atoms with Crippen LogP contribution in [0.1, 0.15) is 5.89 Å². The molecule has 0 bridgehead atoms. The third-order valence-corrected chi connectivity index (χ3v) is 2.96. The average molecular weight is 294 g/mol. The number of carbonyl (C=O) groups is 1. The third kappa shape index (κ3) is 2.44. The SMILES string of the molecule is [N-]=[N+]=C(C(=O)Nc1ccccc1O)c1nc2ccccc2o1. The smallest absolute Gasteiger partial charge is 0.441 e. The van der Waals surface area contributed by atoms with Gasteiger partial charge in [-0.3, -0.25) is 4.79 Å². The third-order valence-electron chi connectivity index (χ3n) is 2.96. The molecule has 0 radical (unpaired) electrons. The number of nitrogens with zero attached hydrogens (tertiary/aromatic N) is 3. The largest absolute Gasteiger partial charge is 0.506 e. The topological polar surface area (TPSA) is 112 Å². The van der Waals surface area contributed by atoms with E-state index in [0.717, 1.165) is 0 Å². The Morgan fingerprint density at radius 2 is 1.91 bits per heavy atom. The standard InChI is InChI=1S/C15H10N4O3/c16-19-13(14(21)17-9-5-1-3-7-11(9)20)15-18-10-6-2-4-8-12(10)22-15/h1-8,20H,(H,17,21). The maximum absolute atomic E-state index is 12.2. The van der Waals surface area contributed by atoms with Crippen LogP contribution in [0.5, 0.6) is 5.75 Å². The fraction of sp³-hybridized carbons (Fsp3) is 0. The van der Waals surface area contributed by atoms with Crippen LogP contribution in [0.15, 0.2) is 52.9 Å². The van der Waals surface area contributed by atoms with Gasteiger partial charge in [-0.25, -0.2) is 4.98 Å². The minimum atomic E-state index is -0.754. The van der Waals surface area contributed by atoms with Crippen molar-refractivity contribution in [2.75, 3.05) is 5.32 Å². The quantitative estimate of drug-likeness (QED) is 0.333. The van der Waals surface area contributed by atoms with E-state index in [1.54, 1.807) is 36.4 Å². The molecule has 3 rings (SSSR count). The van der Waals surface area contributed by atoms with E-state index >= 15 is 0 Å². The highest BCUT2D eigenvalue weighted by Gasteiger charge is 2.29. The summed E-state index contributed by atoms with van der Waals surface area (Å²) < 4.78 is 5.38. The summed E-state index contributed by atoms with van der Waals surface area (Å²) in [6.45, 7) is 0. The Kier molecular flexibility index (Phi) is 3.39. The van der Waals surface area contributed by atoms with Gasteiger partial charge in [0.1, 0.15) is 11.3 Å². The molecule has 22 heavy (non-hydrogen) atoms. The van der Waals surface area contributed by atoms with Crippen molar-refractivity contribution in [2.24, 2.45) is 0 Å². The molecule has 7 heteroatoms. The molecule has 1 amide bonds. The monoisotopic (exact) mass is 294 g/mol. The first-order valence-electron chi connectivity index (χ1n) is 6.36. The summed E-state index contributed by atoms with van der Waals surface area (Å²) in [4.78, 5) is 19.2. The number of carbonyl (C=O) groups excluding carboxylic acids is 1. The van der Waals surface area contributed by atoms with Crippen molar-refractivity contribution in [1.82, 2.24) is 4.98 Å². The number of phenols is 1. The molecule has 0 unspecified atom stereocenters. The minimum Gasteiger partial charge on any atom is -0.506 e. The second-order valence-corrected chi connectivity index (χ2v) is 4.41. The second-order valence-electron chi connectivity index (χ2n) is 4.41. The Morgan fingerprint density at radius 1 is 1.18 bits per heavy atom. The molecule has 108 valence electrons. The molecule has 0 atom stereocenters. The summed E-state index contributed by atoms with van der Waals surface area (Å²) in [5.41, 5.74) is 9.89. The zero-order valence-corrected chi connectivity index (χ0v) is 11.2. The summed E-state index contributed by atoms with van der Waals surface area (Å²) in [5.74, 6) is -0.974. The number of para-hydroxylation sites is 4. The van der Waals surface area contributed by atoms with Crippen LogP contribution in [0.4, 0.5) is 5.69 Å². The fourth-order valence-electron chi connectivity index (χ4n) is 1.92. The molecule has 0 saturated heterocycles. The highest BCUT2D eigenvalue weighted by molar-refractivity contribution is 6.45. The number of oxazole rings is 1. The summed E-state index contributed by atoms with van der Waals surface area (Å²) in [5, 5.41) is 12.1. The Balaban J connectivity index is 1.92. The van der Waals surface area contributed by atoms with E-state index in [9.17, 15) is 9.90 Å². The van der Waals surface area contributed by atoms with Crippen molar-refractivity contribution in [3.63, 3.8) is 0 Å². The molecule has 1 aromatic heterocycles. The van der Waals surface area contributed by atoms with Gasteiger partial charge in [-0.1, -0.05) is 24.3 Å². The molecule has 0 aliphatic rings. The van der Waals surface area contributed by atoms with Crippen molar-refractivity contribution < 1.29 is 19.1 Å². The number of phenolic OH excluding ortho intramolecular Hbond substituents is 1. The molecule has 0 spiro atoms. The second kappa shape index (κ2) is 5.51. The Hall–Kier alpha value is -3.44. The molecule has 7 nitrogen and oxygen atoms in total. The van der Waals surface area contributed by atoms with E-state index in [2.05, 4.69) is 15.1 Å². The zero-order valence-electron chi connectivity index (χ0n) is 11.2. The molecular weight excluding hydrogens is 284 g/mol. The van der Waals surface area contributed by atoms with Gasteiger partial charge in [0, 0.05) is 0 Å². The molecule has 0 aliphatic heterocycles. The number of nitrogens with one attached hydrogen (secondary N) is 1. The molecule has 3 aromatic rings. The molecule has 0 fully saturated rings. The van der Waals surface area contributed by atoms with E-state index in [1.807, 2.05) is 0 Å². The summed E-state index contributed by atoms with van der Waals surface area (Å²) in [6, 6.07) is 13.1. The number of aromatic nitrogens is 1. The van der Waals surface area contributed by atoms with Crippen LogP contribution < -0.4 is 5.32 Å². The molecule has 2 aromatic carbocycles. The number of benzene rings is 2. The van der Waals surface area contributed by atoms with E-state index in [4.69, 9.17) is 9.95 Å². The van der Waals surface area contributed by atoms with E-state index < -0.39 is 5.91 Å². The van der Waals surface area contributed by atoms with Crippen LogP contribution in [-0.2, 0) is 4.79 Å². The van der Waals surface area contributed by atoms with Gasteiger partial charge in [-0.15, -0.1) is 0 Å². The number of rotatable bonds is 3. The van der Waals surface area contributed by atoms with Crippen LogP contribution in [0.3, 0.4) is 0 Å². The number of amides is 1. The van der Waals surface area contributed by atoms with E-state index in [-0.39, 0.29) is 23.0 Å². The summed E-state index contributed by atoms with van der Waals surface area (Å²) in [6.07, 6.45) is 0. The average Bonchev–Trinajstić information content (AvgIpc) is 2.94.